The molecule has 0 rings (SSSR count). The molecular weight excluding hydrogens is 170 g/mol. The Balaban J connectivity index is 4.23. The Kier molecular flexibility index (Phi) is 6.43. The zero-order chi connectivity index (χ0) is 11.2. The molecule has 0 amide bonds. The van der Waals surface area contributed by atoms with Gasteiger partial charge in [0.15, 0.2) is 0 Å². The van der Waals surface area contributed by atoms with Crippen LogP contribution in [0.1, 0.15) is 60.8 Å². The summed E-state index contributed by atoms with van der Waals surface area (Å²) in [6.07, 6.45) is 3.81. The van der Waals surface area contributed by atoms with Crippen LogP contribution in [0.15, 0.2) is 0 Å². The first-order valence-corrected chi connectivity index (χ1v) is 6.21. The Bertz CT molecular complexity index is 142. The van der Waals surface area contributed by atoms with E-state index >= 15 is 0 Å². The fraction of sp³-hybridized carbons (Fsp3) is 1.00. The van der Waals surface area contributed by atoms with Crippen molar-refractivity contribution in [2.75, 3.05) is 6.54 Å². The molecule has 0 aromatic rings. The van der Waals surface area contributed by atoms with Crippen LogP contribution in [0, 0.1) is 11.8 Å². The average molecular weight is 199 g/mol. The monoisotopic (exact) mass is 199 g/mol. The van der Waals surface area contributed by atoms with E-state index in [1.54, 1.807) is 0 Å². The molecule has 0 saturated heterocycles. The molecule has 0 radical (unpaired) electrons. The molecular formula is C13H29N. The molecule has 0 saturated carbocycles. The first-order valence-electron chi connectivity index (χ1n) is 6.21. The van der Waals surface area contributed by atoms with E-state index in [0.29, 0.717) is 11.5 Å². The lowest BCUT2D eigenvalue weighted by molar-refractivity contribution is 0.209. The molecule has 1 nitrogen and oxygen atoms in total. The van der Waals surface area contributed by atoms with Crippen LogP contribution in [0.25, 0.3) is 0 Å². The highest BCUT2D eigenvalue weighted by molar-refractivity contribution is 4.87. The number of hydrogen-bond acceptors (Lipinski definition) is 1. The fourth-order valence-corrected chi connectivity index (χ4v) is 1.79. The van der Waals surface area contributed by atoms with Gasteiger partial charge in [-0.05, 0) is 38.1 Å². The van der Waals surface area contributed by atoms with Gasteiger partial charge in [0.2, 0.25) is 0 Å². The zero-order valence-corrected chi connectivity index (χ0v) is 11.0. The van der Waals surface area contributed by atoms with Gasteiger partial charge in [0, 0.05) is 5.54 Å². The normalized spacial score (nSPS) is 18.2. The van der Waals surface area contributed by atoms with Crippen molar-refractivity contribution < 1.29 is 0 Å². The predicted molar refractivity (Wildman–Crippen MR) is 65.6 cm³/mol. The second kappa shape index (κ2) is 6.44. The van der Waals surface area contributed by atoms with E-state index in [2.05, 4.69) is 46.9 Å². The molecule has 14 heavy (non-hydrogen) atoms. The van der Waals surface area contributed by atoms with Crippen molar-refractivity contribution in [3.05, 3.63) is 0 Å². The third-order valence-corrected chi connectivity index (χ3v) is 3.52. The minimum atomic E-state index is 0.325. The molecule has 0 heterocycles. The lowest BCUT2D eigenvalue weighted by atomic mass is 9.80. The van der Waals surface area contributed by atoms with Crippen LogP contribution in [0.4, 0.5) is 0 Å². The second-order valence-electron chi connectivity index (χ2n) is 5.22. The molecule has 1 heteroatoms. The standard InChI is InChI=1S/C13H29N/c1-7-9-14-13(6,11(3)4)10-12(5)8-2/h11-12,14H,7-10H2,1-6H3/t12?,13-/m0/s1. The van der Waals surface area contributed by atoms with Gasteiger partial charge in [-0.25, -0.2) is 0 Å². The van der Waals surface area contributed by atoms with Gasteiger partial charge in [-0.3, -0.25) is 0 Å². The lowest BCUT2D eigenvalue weighted by Crippen LogP contribution is -2.48. The summed E-state index contributed by atoms with van der Waals surface area (Å²) in [5.74, 6) is 1.54. The van der Waals surface area contributed by atoms with E-state index in [-0.39, 0.29) is 0 Å². The van der Waals surface area contributed by atoms with Gasteiger partial charge in [-0.15, -0.1) is 0 Å². The van der Waals surface area contributed by atoms with Crippen molar-refractivity contribution in [3.8, 4) is 0 Å². The molecule has 0 spiro atoms. The van der Waals surface area contributed by atoms with Crippen LogP contribution < -0.4 is 5.32 Å². The maximum absolute atomic E-state index is 3.71. The van der Waals surface area contributed by atoms with Crippen LogP contribution >= 0.6 is 0 Å². The van der Waals surface area contributed by atoms with Gasteiger partial charge in [0.25, 0.3) is 0 Å². The number of rotatable bonds is 7. The summed E-state index contributed by atoms with van der Waals surface area (Å²) in [6, 6.07) is 0. The second-order valence-corrected chi connectivity index (χ2v) is 5.22. The van der Waals surface area contributed by atoms with Crippen molar-refractivity contribution >= 4 is 0 Å². The summed E-state index contributed by atoms with van der Waals surface area (Å²) in [6.45, 7) is 15.0. The number of hydrogen-bond donors (Lipinski definition) is 1. The maximum Gasteiger partial charge on any atom is 0.0178 e. The molecule has 0 aliphatic rings. The first-order chi connectivity index (χ1) is 6.46. The molecule has 1 N–H and O–H groups in total. The Morgan fingerprint density at radius 1 is 1.14 bits per heavy atom. The van der Waals surface area contributed by atoms with E-state index < -0.39 is 0 Å². The molecule has 0 fully saturated rings. The molecule has 0 aliphatic carbocycles. The van der Waals surface area contributed by atoms with Gasteiger partial charge in [-0.1, -0.05) is 41.0 Å². The summed E-state index contributed by atoms with van der Waals surface area (Å²) in [5.41, 5.74) is 0.325. The molecule has 0 aliphatic heterocycles. The highest BCUT2D eigenvalue weighted by Gasteiger charge is 2.28. The van der Waals surface area contributed by atoms with Crippen molar-refractivity contribution in [1.29, 1.82) is 0 Å². The summed E-state index contributed by atoms with van der Waals surface area (Å²) >= 11 is 0. The summed E-state index contributed by atoms with van der Waals surface area (Å²) in [7, 11) is 0. The topological polar surface area (TPSA) is 12.0 Å². The van der Waals surface area contributed by atoms with E-state index in [0.717, 1.165) is 12.5 Å². The van der Waals surface area contributed by atoms with E-state index in [1.165, 1.54) is 19.3 Å². The summed E-state index contributed by atoms with van der Waals surface area (Å²) in [4.78, 5) is 0. The number of nitrogens with one attached hydrogen (secondary N) is 1. The predicted octanol–water partition coefficient (Wildman–Crippen LogP) is 3.84. The molecule has 2 atom stereocenters. The first kappa shape index (κ1) is 14.0. The molecule has 0 bridgehead atoms. The lowest BCUT2D eigenvalue weighted by Gasteiger charge is -2.37. The molecule has 86 valence electrons. The van der Waals surface area contributed by atoms with Gasteiger partial charge < -0.3 is 5.32 Å². The van der Waals surface area contributed by atoms with Gasteiger partial charge in [0.1, 0.15) is 0 Å². The quantitative estimate of drug-likeness (QED) is 0.657. The van der Waals surface area contributed by atoms with Crippen LogP contribution in [0.2, 0.25) is 0 Å². The molecule has 1 unspecified atom stereocenters. The molecule has 0 aromatic carbocycles. The third kappa shape index (κ3) is 4.45. The van der Waals surface area contributed by atoms with Crippen LogP contribution in [-0.4, -0.2) is 12.1 Å². The highest BCUT2D eigenvalue weighted by Crippen LogP contribution is 2.26. The zero-order valence-electron chi connectivity index (χ0n) is 11.0. The van der Waals surface area contributed by atoms with Gasteiger partial charge in [-0.2, -0.15) is 0 Å². The molecule has 0 aromatic heterocycles. The minimum Gasteiger partial charge on any atom is -0.311 e. The summed E-state index contributed by atoms with van der Waals surface area (Å²) < 4.78 is 0. The Morgan fingerprint density at radius 3 is 2.07 bits per heavy atom. The maximum atomic E-state index is 3.71. The summed E-state index contributed by atoms with van der Waals surface area (Å²) in [5, 5.41) is 3.71. The smallest absolute Gasteiger partial charge is 0.0178 e. The minimum absolute atomic E-state index is 0.325. The highest BCUT2D eigenvalue weighted by atomic mass is 15.0. The van der Waals surface area contributed by atoms with Crippen molar-refractivity contribution in [2.45, 2.75) is 66.3 Å². The Morgan fingerprint density at radius 2 is 1.71 bits per heavy atom. The Hall–Kier alpha value is -0.0400. The van der Waals surface area contributed by atoms with Gasteiger partial charge in [0.05, 0.1) is 0 Å². The van der Waals surface area contributed by atoms with Crippen LogP contribution in [0.5, 0.6) is 0 Å². The van der Waals surface area contributed by atoms with Gasteiger partial charge >= 0.3 is 0 Å². The van der Waals surface area contributed by atoms with Crippen LogP contribution in [0.3, 0.4) is 0 Å². The average Bonchev–Trinajstić information content (AvgIpc) is 2.14. The largest absolute Gasteiger partial charge is 0.311 e. The SMILES string of the molecule is CCCN[C@@](C)(CC(C)CC)C(C)C. The van der Waals surface area contributed by atoms with E-state index in [4.69, 9.17) is 0 Å². The van der Waals surface area contributed by atoms with Crippen molar-refractivity contribution in [2.24, 2.45) is 11.8 Å². The van der Waals surface area contributed by atoms with Crippen molar-refractivity contribution in [1.82, 2.24) is 5.32 Å². The van der Waals surface area contributed by atoms with Crippen LogP contribution in [-0.2, 0) is 0 Å². The van der Waals surface area contributed by atoms with E-state index in [9.17, 15) is 0 Å². The van der Waals surface area contributed by atoms with E-state index in [1.807, 2.05) is 0 Å². The Labute approximate surface area is 90.7 Å². The third-order valence-electron chi connectivity index (χ3n) is 3.52. The fourth-order valence-electron chi connectivity index (χ4n) is 1.79. The van der Waals surface area contributed by atoms with Crippen molar-refractivity contribution in [3.63, 3.8) is 0 Å².